The van der Waals surface area contributed by atoms with Crippen molar-refractivity contribution in [2.45, 2.75) is 19.4 Å². The van der Waals surface area contributed by atoms with E-state index in [0.29, 0.717) is 23.7 Å². The second kappa shape index (κ2) is 11.0. The molecule has 34 heavy (non-hydrogen) atoms. The largest absolute Gasteiger partial charge is 0.493 e. The third kappa shape index (κ3) is 6.13. The van der Waals surface area contributed by atoms with E-state index in [0.717, 1.165) is 17.2 Å². The van der Waals surface area contributed by atoms with Crippen molar-refractivity contribution in [1.29, 1.82) is 0 Å². The van der Waals surface area contributed by atoms with E-state index in [1.165, 1.54) is 5.56 Å². The Bertz CT molecular complexity index is 1270. The van der Waals surface area contributed by atoms with Crippen LogP contribution >= 0.6 is 0 Å². The van der Waals surface area contributed by atoms with Crippen LogP contribution in [0.3, 0.4) is 0 Å². The van der Waals surface area contributed by atoms with Crippen LogP contribution in [0.15, 0.2) is 97.1 Å². The number of benzene rings is 4. The summed E-state index contributed by atoms with van der Waals surface area (Å²) in [6.07, 6.45) is -0.0308. The summed E-state index contributed by atoms with van der Waals surface area (Å²) in [6, 6.07) is 30.4. The standard InChI is InChI=1S/C28H26N2O4/c1-20(34-26-15-14-22-10-5-6-11-23(22)18-26)27(31)29-30-28(32)24-12-7-13-25(19-24)33-17-16-21-8-3-2-4-9-21/h2-15,18-20H,16-17H2,1H3,(H,29,31)(H,30,32). The predicted molar refractivity (Wildman–Crippen MR) is 132 cm³/mol. The molecule has 6 nitrogen and oxygen atoms in total. The van der Waals surface area contributed by atoms with E-state index in [9.17, 15) is 9.59 Å². The molecule has 1 atom stereocenters. The Labute approximate surface area is 198 Å². The second-order valence-electron chi connectivity index (χ2n) is 7.82. The maximum absolute atomic E-state index is 12.5. The van der Waals surface area contributed by atoms with Crippen LogP contribution in [0.1, 0.15) is 22.8 Å². The van der Waals surface area contributed by atoms with Crippen LogP contribution in [0.25, 0.3) is 10.8 Å². The number of hydrazine groups is 1. The highest BCUT2D eigenvalue weighted by Crippen LogP contribution is 2.21. The smallest absolute Gasteiger partial charge is 0.279 e. The van der Waals surface area contributed by atoms with Gasteiger partial charge in [0, 0.05) is 12.0 Å². The Kier molecular flexibility index (Phi) is 7.40. The van der Waals surface area contributed by atoms with E-state index in [1.54, 1.807) is 31.2 Å². The van der Waals surface area contributed by atoms with Gasteiger partial charge in [-0.25, -0.2) is 0 Å². The Balaban J connectivity index is 1.26. The summed E-state index contributed by atoms with van der Waals surface area (Å²) < 4.78 is 11.5. The van der Waals surface area contributed by atoms with E-state index in [1.807, 2.05) is 72.8 Å². The Morgan fingerprint density at radius 3 is 2.35 bits per heavy atom. The molecule has 6 heteroatoms. The van der Waals surface area contributed by atoms with Crippen LogP contribution in [0, 0.1) is 0 Å². The molecular formula is C28H26N2O4. The van der Waals surface area contributed by atoms with Gasteiger partial charge in [0.05, 0.1) is 6.61 Å². The van der Waals surface area contributed by atoms with E-state index in [2.05, 4.69) is 10.9 Å². The van der Waals surface area contributed by atoms with Gasteiger partial charge in [-0.15, -0.1) is 0 Å². The van der Waals surface area contributed by atoms with Crippen molar-refractivity contribution in [2.24, 2.45) is 0 Å². The van der Waals surface area contributed by atoms with Crippen molar-refractivity contribution in [1.82, 2.24) is 10.9 Å². The highest BCUT2D eigenvalue weighted by molar-refractivity contribution is 5.96. The number of hydrogen-bond acceptors (Lipinski definition) is 4. The van der Waals surface area contributed by atoms with Crippen LogP contribution in [0.2, 0.25) is 0 Å². The molecule has 2 N–H and O–H groups in total. The molecule has 4 aromatic rings. The van der Waals surface area contributed by atoms with E-state index < -0.39 is 17.9 Å². The fourth-order valence-electron chi connectivity index (χ4n) is 3.45. The maximum atomic E-state index is 12.5. The van der Waals surface area contributed by atoms with Crippen LogP contribution in [-0.2, 0) is 11.2 Å². The Hall–Kier alpha value is -4.32. The molecule has 0 aromatic heterocycles. The number of hydrogen-bond donors (Lipinski definition) is 2. The fraction of sp³-hybridized carbons (Fsp3) is 0.143. The minimum atomic E-state index is -0.797. The summed E-state index contributed by atoms with van der Waals surface area (Å²) >= 11 is 0. The van der Waals surface area contributed by atoms with E-state index >= 15 is 0 Å². The van der Waals surface area contributed by atoms with Crippen LogP contribution in [-0.4, -0.2) is 24.5 Å². The van der Waals surface area contributed by atoms with Crippen LogP contribution < -0.4 is 20.3 Å². The molecule has 0 saturated carbocycles. The molecule has 0 saturated heterocycles. The Morgan fingerprint density at radius 2 is 1.53 bits per heavy atom. The lowest BCUT2D eigenvalue weighted by Crippen LogP contribution is -2.47. The van der Waals surface area contributed by atoms with Crippen molar-refractivity contribution >= 4 is 22.6 Å². The first-order valence-corrected chi connectivity index (χ1v) is 11.1. The van der Waals surface area contributed by atoms with Gasteiger partial charge >= 0.3 is 0 Å². The number of ether oxygens (including phenoxy) is 2. The summed E-state index contributed by atoms with van der Waals surface area (Å²) in [4.78, 5) is 24.9. The fourth-order valence-corrected chi connectivity index (χ4v) is 3.45. The first-order valence-electron chi connectivity index (χ1n) is 11.1. The molecule has 4 rings (SSSR count). The van der Waals surface area contributed by atoms with Crippen molar-refractivity contribution in [2.75, 3.05) is 6.61 Å². The first kappa shape index (κ1) is 22.9. The van der Waals surface area contributed by atoms with Crippen molar-refractivity contribution < 1.29 is 19.1 Å². The van der Waals surface area contributed by atoms with Gasteiger partial charge < -0.3 is 9.47 Å². The summed E-state index contributed by atoms with van der Waals surface area (Å²) in [5, 5.41) is 2.11. The zero-order chi connectivity index (χ0) is 23.8. The molecule has 2 amide bonds. The van der Waals surface area contributed by atoms with Gasteiger partial charge in [-0.3, -0.25) is 20.4 Å². The zero-order valence-electron chi connectivity index (χ0n) is 18.9. The lowest BCUT2D eigenvalue weighted by Gasteiger charge is -2.16. The van der Waals surface area contributed by atoms with Gasteiger partial charge in [-0.2, -0.15) is 0 Å². The van der Waals surface area contributed by atoms with Gasteiger partial charge in [-0.1, -0.05) is 66.7 Å². The molecule has 0 fully saturated rings. The molecule has 0 heterocycles. The first-order chi connectivity index (χ1) is 16.6. The third-order valence-corrected chi connectivity index (χ3v) is 5.30. The molecular weight excluding hydrogens is 428 g/mol. The van der Waals surface area contributed by atoms with Crippen molar-refractivity contribution in [3.05, 3.63) is 108 Å². The predicted octanol–water partition coefficient (Wildman–Crippen LogP) is 4.69. The third-order valence-electron chi connectivity index (χ3n) is 5.30. The van der Waals surface area contributed by atoms with Crippen LogP contribution in [0.4, 0.5) is 0 Å². The molecule has 0 radical (unpaired) electrons. The van der Waals surface area contributed by atoms with Crippen molar-refractivity contribution in [3.8, 4) is 11.5 Å². The number of nitrogens with one attached hydrogen (secondary N) is 2. The number of rotatable bonds is 8. The topological polar surface area (TPSA) is 76.7 Å². The second-order valence-corrected chi connectivity index (χ2v) is 7.82. The summed E-state index contributed by atoms with van der Waals surface area (Å²) in [5.74, 6) is 0.257. The Morgan fingerprint density at radius 1 is 0.765 bits per heavy atom. The lowest BCUT2D eigenvalue weighted by atomic mass is 10.1. The average molecular weight is 455 g/mol. The van der Waals surface area contributed by atoms with Gasteiger partial charge in [0.15, 0.2) is 6.10 Å². The normalized spacial score (nSPS) is 11.4. The maximum Gasteiger partial charge on any atom is 0.279 e. The zero-order valence-corrected chi connectivity index (χ0v) is 18.9. The minimum absolute atomic E-state index is 0.376. The molecule has 0 aliphatic heterocycles. The van der Waals surface area contributed by atoms with E-state index in [-0.39, 0.29) is 0 Å². The van der Waals surface area contributed by atoms with Crippen molar-refractivity contribution in [3.63, 3.8) is 0 Å². The number of carbonyl (C=O) groups excluding carboxylic acids is 2. The quantitative estimate of drug-likeness (QED) is 0.379. The van der Waals surface area contributed by atoms with Gasteiger partial charge in [0.1, 0.15) is 11.5 Å². The molecule has 0 aliphatic rings. The highest BCUT2D eigenvalue weighted by atomic mass is 16.5. The molecule has 0 spiro atoms. The van der Waals surface area contributed by atoms with Gasteiger partial charge in [-0.05, 0) is 53.6 Å². The molecule has 0 aliphatic carbocycles. The lowest BCUT2D eigenvalue weighted by molar-refractivity contribution is -0.128. The molecule has 1 unspecified atom stereocenters. The van der Waals surface area contributed by atoms with Crippen LogP contribution in [0.5, 0.6) is 11.5 Å². The molecule has 4 aromatic carbocycles. The summed E-state index contributed by atoms with van der Waals surface area (Å²) in [7, 11) is 0. The number of fused-ring (bicyclic) bond motifs is 1. The average Bonchev–Trinajstić information content (AvgIpc) is 2.87. The van der Waals surface area contributed by atoms with Gasteiger partial charge in [0.2, 0.25) is 0 Å². The van der Waals surface area contributed by atoms with Gasteiger partial charge in [0.25, 0.3) is 11.8 Å². The number of carbonyl (C=O) groups is 2. The molecule has 172 valence electrons. The SMILES string of the molecule is CC(Oc1ccc2ccccc2c1)C(=O)NNC(=O)c1cccc(OCCc2ccccc2)c1. The molecule has 0 bridgehead atoms. The number of amides is 2. The van der Waals surface area contributed by atoms with E-state index in [4.69, 9.17) is 9.47 Å². The monoisotopic (exact) mass is 454 g/mol. The summed E-state index contributed by atoms with van der Waals surface area (Å²) in [6.45, 7) is 2.12. The highest BCUT2D eigenvalue weighted by Gasteiger charge is 2.16. The minimum Gasteiger partial charge on any atom is -0.493 e. The summed E-state index contributed by atoms with van der Waals surface area (Å²) in [5.41, 5.74) is 6.40.